The second-order valence-electron chi connectivity index (χ2n) is 7.82. The molecule has 2 fully saturated rings. The lowest BCUT2D eigenvalue weighted by atomic mass is 10.1. The van der Waals surface area contributed by atoms with E-state index in [0.29, 0.717) is 37.8 Å². The van der Waals surface area contributed by atoms with E-state index in [1.54, 1.807) is 30.6 Å². The number of carbonyl (C=O) groups is 3. The van der Waals surface area contributed by atoms with Gasteiger partial charge in [0.25, 0.3) is 0 Å². The fraction of sp³-hybridized carbons (Fsp3) is 0.409. The van der Waals surface area contributed by atoms with E-state index in [2.05, 4.69) is 30.4 Å². The van der Waals surface area contributed by atoms with Gasteiger partial charge in [0, 0.05) is 57.3 Å². The molecule has 4 rings (SSSR count). The van der Waals surface area contributed by atoms with E-state index in [1.165, 1.54) is 4.90 Å². The van der Waals surface area contributed by atoms with E-state index < -0.39 is 6.04 Å². The molecule has 10 nitrogen and oxygen atoms in total. The molecule has 1 unspecified atom stereocenters. The molecule has 2 N–H and O–H groups in total. The second-order valence-corrected chi connectivity index (χ2v) is 7.82. The normalized spacial score (nSPS) is 19.4. The first-order valence-electron chi connectivity index (χ1n) is 10.8. The molecule has 2 aliphatic rings. The fourth-order valence-corrected chi connectivity index (χ4v) is 3.97. The van der Waals surface area contributed by atoms with Crippen LogP contribution >= 0.6 is 0 Å². The van der Waals surface area contributed by atoms with Crippen molar-refractivity contribution >= 4 is 29.4 Å². The predicted octanol–water partition coefficient (Wildman–Crippen LogP) is -0.0456. The van der Waals surface area contributed by atoms with E-state index in [9.17, 15) is 14.4 Å². The van der Waals surface area contributed by atoms with E-state index in [-0.39, 0.29) is 30.7 Å². The second kappa shape index (κ2) is 10.2. The van der Waals surface area contributed by atoms with Crippen LogP contribution < -0.4 is 15.5 Å². The van der Waals surface area contributed by atoms with Crippen LogP contribution in [-0.2, 0) is 14.4 Å². The number of piperazine rings is 2. The monoisotopic (exact) mass is 437 g/mol. The van der Waals surface area contributed by atoms with E-state index in [0.717, 1.165) is 13.1 Å². The molecule has 1 atom stereocenters. The number of para-hydroxylation sites is 1. The average molecular weight is 438 g/mol. The summed E-state index contributed by atoms with van der Waals surface area (Å²) < 4.78 is 0. The van der Waals surface area contributed by atoms with Gasteiger partial charge < -0.3 is 20.4 Å². The van der Waals surface area contributed by atoms with Crippen LogP contribution in [0.1, 0.15) is 6.42 Å². The van der Waals surface area contributed by atoms with Gasteiger partial charge in [0.15, 0.2) is 0 Å². The number of hydrogen-bond donors (Lipinski definition) is 2. The molecule has 10 heteroatoms. The Morgan fingerprint density at radius 1 is 1.00 bits per heavy atom. The SMILES string of the molecule is O=C(CC1C(=O)NCCN1C(=O)CN1CCN(c2ncccn2)CC1)Nc1ccccc1. The largest absolute Gasteiger partial charge is 0.353 e. The molecule has 2 aliphatic heterocycles. The molecule has 3 heterocycles. The highest BCUT2D eigenvalue weighted by atomic mass is 16.2. The maximum Gasteiger partial charge on any atom is 0.243 e. The van der Waals surface area contributed by atoms with E-state index in [1.807, 2.05) is 18.2 Å². The van der Waals surface area contributed by atoms with Crippen molar-refractivity contribution in [1.82, 2.24) is 25.1 Å². The summed E-state index contributed by atoms with van der Waals surface area (Å²) in [6, 6.07) is 10.0. The zero-order valence-corrected chi connectivity index (χ0v) is 17.8. The van der Waals surface area contributed by atoms with Crippen LogP contribution in [0.3, 0.4) is 0 Å². The minimum absolute atomic E-state index is 0.0778. The van der Waals surface area contributed by atoms with Crippen molar-refractivity contribution in [3.8, 4) is 0 Å². The predicted molar refractivity (Wildman–Crippen MR) is 119 cm³/mol. The van der Waals surface area contributed by atoms with Gasteiger partial charge in [0.05, 0.1) is 13.0 Å². The van der Waals surface area contributed by atoms with Crippen LogP contribution in [-0.4, -0.2) is 89.3 Å². The molecule has 0 spiro atoms. The minimum atomic E-state index is -0.807. The molecule has 2 aromatic rings. The third-order valence-electron chi connectivity index (χ3n) is 5.65. The summed E-state index contributed by atoms with van der Waals surface area (Å²) in [4.78, 5) is 52.3. The summed E-state index contributed by atoms with van der Waals surface area (Å²) in [6.07, 6.45) is 3.35. The zero-order chi connectivity index (χ0) is 22.3. The van der Waals surface area contributed by atoms with Gasteiger partial charge in [-0.25, -0.2) is 9.97 Å². The summed E-state index contributed by atoms with van der Waals surface area (Å²) in [7, 11) is 0. The van der Waals surface area contributed by atoms with Crippen molar-refractivity contribution < 1.29 is 14.4 Å². The summed E-state index contributed by atoms with van der Waals surface area (Å²) >= 11 is 0. The Morgan fingerprint density at radius 3 is 2.44 bits per heavy atom. The van der Waals surface area contributed by atoms with Gasteiger partial charge in [0.2, 0.25) is 23.7 Å². The van der Waals surface area contributed by atoms with Gasteiger partial charge in [0.1, 0.15) is 6.04 Å². The Kier molecular flexibility index (Phi) is 6.90. The van der Waals surface area contributed by atoms with Crippen LogP contribution in [0.4, 0.5) is 11.6 Å². The van der Waals surface area contributed by atoms with Crippen molar-refractivity contribution in [2.24, 2.45) is 0 Å². The summed E-state index contributed by atoms with van der Waals surface area (Å²) in [5.74, 6) is -0.0381. The van der Waals surface area contributed by atoms with Gasteiger partial charge >= 0.3 is 0 Å². The van der Waals surface area contributed by atoms with Gasteiger partial charge in [-0.05, 0) is 18.2 Å². The maximum atomic E-state index is 13.0. The molecule has 168 valence electrons. The van der Waals surface area contributed by atoms with Crippen molar-refractivity contribution in [3.05, 3.63) is 48.8 Å². The van der Waals surface area contributed by atoms with Crippen LogP contribution in [0.15, 0.2) is 48.8 Å². The van der Waals surface area contributed by atoms with E-state index in [4.69, 9.17) is 0 Å². The molecule has 0 bridgehead atoms. The Balaban J connectivity index is 1.32. The molecule has 0 radical (unpaired) electrons. The number of benzene rings is 1. The molecular formula is C22H27N7O3. The number of hydrogen-bond acceptors (Lipinski definition) is 7. The molecule has 0 aliphatic carbocycles. The molecule has 1 aromatic carbocycles. The summed E-state index contributed by atoms with van der Waals surface area (Å²) in [6.45, 7) is 3.84. The molecule has 2 saturated heterocycles. The number of aromatic nitrogens is 2. The average Bonchev–Trinajstić information content (AvgIpc) is 2.82. The zero-order valence-electron chi connectivity index (χ0n) is 17.8. The molecule has 1 aromatic heterocycles. The van der Waals surface area contributed by atoms with Crippen molar-refractivity contribution in [3.63, 3.8) is 0 Å². The molecule has 3 amide bonds. The lowest BCUT2D eigenvalue weighted by Crippen LogP contribution is -2.60. The summed E-state index contributed by atoms with van der Waals surface area (Å²) in [5, 5.41) is 5.55. The number of carbonyl (C=O) groups excluding carboxylic acids is 3. The van der Waals surface area contributed by atoms with Crippen LogP contribution in [0.25, 0.3) is 0 Å². The van der Waals surface area contributed by atoms with E-state index >= 15 is 0 Å². The topological polar surface area (TPSA) is 111 Å². The number of anilines is 2. The highest BCUT2D eigenvalue weighted by Crippen LogP contribution is 2.14. The lowest BCUT2D eigenvalue weighted by Gasteiger charge is -2.38. The Bertz CT molecular complexity index is 933. The Morgan fingerprint density at radius 2 is 1.72 bits per heavy atom. The number of rotatable bonds is 6. The van der Waals surface area contributed by atoms with Gasteiger partial charge in [-0.2, -0.15) is 0 Å². The van der Waals surface area contributed by atoms with Crippen molar-refractivity contribution in [1.29, 1.82) is 0 Å². The first-order valence-corrected chi connectivity index (χ1v) is 10.8. The quantitative estimate of drug-likeness (QED) is 0.652. The summed E-state index contributed by atoms with van der Waals surface area (Å²) in [5.41, 5.74) is 0.659. The van der Waals surface area contributed by atoms with Gasteiger partial charge in [-0.1, -0.05) is 18.2 Å². The standard InChI is InChI=1S/C22H27N7O3/c30-19(26-17-5-2-1-3-6-17)15-18-21(32)23-9-10-29(18)20(31)16-27-11-13-28(14-12-27)22-24-7-4-8-25-22/h1-8,18H,9-16H2,(H,23,32)(H,26,30). The first kappa shape index (κ1) is 21.7. The van der Waals surface area contributed by atoms with Crippen molar-refractivity contribution in [2.45, 2.75) is 12.5 Å². The maximum absolute atomic E-state index is 13.0. The van der Waals surface area contributed by atoms with Crippen LogP contribution in [0, 0.1) is 0 Å². The number of amides is 3. The van der Waals surface area contributed by atoms with Crippen LogP contribution in [0.5, 0.6) is 0 Å². The highest BCUT2D eigenvalue weighted by Gasteiger charge is 2.35. The molecule has 32 heavy (non-hydrogen) atoms. The number of nitrogens with zero attached hydrogens (tertiary/aromatic N) is 5. The minimum Gasteiger partial charge on any atom is -0.353 e. The first-order chi connectivity index (χ1) is 15.6. The molecular weight excluding hydrogens is 410 g/mol. The highest BCUT2D eigenvalue weighted by molar-refractivity contribution is 5.97. The smallest absolute Gasteiger partial charge is 0.243 e. The Hall–Kier alpha value is -3.53. The fourth-order valence-electron chi connectivity index (χ4n) is 3.97. The number of nitrogens with one attached hydrogen (secondary N) is 2. The third-order valence-corrected chi connectivity index (χ3v) is 5.65. The lowest BCUT2D eigenvalue weighted by molar-refractivity contribution is -0.145. The van der Waals surface area contributed by atoms with Gasteiger partial charge in [-0.3, -0.25) is 19.3 Å². The third kappa shape index (κ3) is 5.38. The Labute approximate surface area is 186 Å². The van der Waals surface area contributed by atoms with Crippen LogP contribution in [0.2, 0.25) is 0 Å². The van der Waals surface area contributed by atoms with Gasteiger partial charge in [-0.15, -0.1) is 0 Å². The van der Waals surface area contributed by atoms with Crippen molar-refractivity contribution in [2.75, 3.05) is 56.0 Å². The molecule has 0 saturated carbocycles.